The second-order valence-electron chi connectivity index (χ2n) is 15.4. The number of fused-ring (bicyclic) bond motifs is 5. The molecule has 8 bridgehead atoms. The summed E-state index contributed by atoms with van der Waals surface area (Å²) in [6.45, 7) is 0. The highest BCUT2D eigenvalue weighted by Crippen LogP contribution is 2.65. The Kier molecular flexibility index (Phi) is 4.09. The molecule has 4 aromatic carbocycles. The van der Waals surface area contributed by atoms with Gasteiger partial charge in [-0.2, -0.15) is 0 Å². The molecule has 8 fully saturated rings. The van der Waals surface area contributed by atoms with E-state index in [1.165, 1.54) is 98.6 Å². The number of hydrogen-bond donors (Lipinski definition) is 0. The summed E-state index contributed by atoms with van der Waals surface area (Å²) in [5.41, 5.74) is 4.43. The van der Waals surface area contributed by atoms with Crippen LogP contribution in [0.4, 0.5) is 0 Å². The minimum Gasteiger partial charge on any atom is -0.0616 e. The highest BCUT2D eigenvalue weighted by molar-refractivity contribution is 6.19. The summed E-state index contributed by atoms with van der Waals surface area (Å²) >= 11 is 0. The van der Waals surface area contributed by atoms with E-state index in [0.717, 1.165) is 35.5 Å². The Hall–Kier alpha value is -2.34. The molecular weight excluding hydrogens is 456 g/mol. The molecule has 0 spiro atoms. The Morgan fingerprint density at radius 2 is 0.947 bits per heavy atom. The van der Waals surface area contributed by atoms with Gasteiger partial charge in [0.15, 0.2) is 0 Å². The van der Waals surface area contributed by atoms with Gasteiger partial charge >= 0.3 is 0 Å². The highest BCUT2D eigenvalue weighted by Gasteiger charge is 2.55. The topological polar surface area (TPSA) is 0 Å². The number of hydrogen-bond acceptors (Lipinski definition) is 0. The number of benzene rings is 4. The van der Waals surface area contributed by atoms with Crippen LogP contribution < -0.4 is 0 Å². The molecule has 0 amide bonds. The summed E-state index contributed by atoms with van der Waals surface area (Å²) in [5, 5.41) is 9.18. The monoisotopic (exact) mass is 496 g/mol. The Morgan fingerprint density at radius 1 is 0.421 bits per heavy atom. The second-order valence-corrected chi connectivity index (χ2v) is 15.4. The summed E-state index contributed by atoms with van der Waals surface area (Å²) in [4.78, 5) is 0. The molecule has 0 aromatic heterocycles. The van der Waals surface area contributed by atoms with E-state index in [4.69, 9.17) is 0 Å². The third-order valence-corrected chi connectivity index (χ3v) is 13.1. The molecule has 0 atom stereocenters. The molecule has 38 heavy (non-hydrogen) atoms. The fourth-order valence-electron chi connectivity index (χ4n) is 12.7. The maximum atomic E-state index is 2.77. The first kappa shape index (κ1) is 21.5. The van der Waals surface area contributed by atoms with Gasteiger partial charge in [-0.05, 0) is 173 Å². The Labute approximate surface area is 227 Å². The summed E-state index contributed by atoms with van der Waals surface area (Å²) in [5.74, 6) is 5.90. The molecule has 8 aliphatic carbocycles. The molecular formula is C38H40. The molecule has 0 radical (unpaired) electrons. The third-order valence-electron chi connectivity index (χ3n) is 13.1. The van der Waals surface area contributed by atoms with E-state index >= 15 is 0 Å². The lowest BCUT2D eigenvalue weighted by Gasteiger charge is -2.59. The molecule has 12 rings (SSSR count). The summed E-state index contributed by atoms with van der Waals surface area (Å²) in [7, 11) is 0. The zero-order valence-corrected chi connectivity index (χ0v) is 22.7. The van der Waals surface area contributed by atoms with Crippen LogP contribution in [0.3, 0.4) is 0 Å². The third kappa shape index (κ3) is 2.78. The first-order chi connectivity index (χ1) is 18.6. The van der Waals surface area contributed by atoms with E-state index in [-0.39, 0.29) is 0 Å². The van der Waals surface area contributed by atoms with Gasteiger partial charge in [-0.25, -0.2) is 0 Å². The predicted molar refractivity (Wildman–Crippen MR) is 159 cm³/mol. The van der Waals surface area contributed by atoms with Crippen LogP contribution in [0.1, 0.15) is 88.2 Å². The van der Waals surface area contributed by atoms with Crippen molar-refractivity contribution in [2.24, 2.45) is 35.5 Å². The van der Waals surface area contributed by atoms with Crippen LogP contribution in [0.2, 0.25) is 0 Å². The fraction of sp³-hybridized carbons (Fsp3) is 0.526. The maximum Gasteiger partial charge on any atom is -0.00326 e. The van der Waals surface area contributed by atoms with E-state index in [2.05, 4.69) is 60.7 Å². The van der Waals surface area contributed by atoms with Crippen LogP contribution in [-0.4, -0.2) is 0 Å². The van der Waals surface area contributed by atoms with Gasteiger partial charge in [0.1, 0.15) is 0 Å². The lowest BCUT2D eigenvalue weighted by molar-refractivity contribution is -0.00675. The molecule has 8 saturated carbocycles. The minimum atomic E-state index is 0.413. The molecule has 0 nitrogen and oxygen atoms in total. The van der Waals surface area contributed by atoms with Gasteiger partial charge in [-0.3, -0.25) is 0 Å². The van der Waals surface area contributed by atoms with E-state index in [1.807, 2.05) is 0 Å². The van der Waals surface area contributed by atoms with E-state index in [0.29, 0.717) is 10.8 Å². The standard InChI is InChI=1S/C38H40/c1-2-5-30-29(4-1)8-9-31-32-6-3-7-34(37-17-23-10-24(18-37)12-25(11-23)19-37)36(32)35(16-33(30)31)38-20-26-13-27(21-38)15-28(14-26)22-38/h1-9,16,23-28H,10-15,17-22H2. The van der Waals surface area contributed by atoms with Crippen molar-refractivity contribution in [3.63, 3.8) is 0 Å². The van der Waals surface area contributed by atoms with Crippen molar-refractivity contribution in [1.29, 1.82) is 0 Å². The van der Waals surface area contributed by atoms with Crippen molar-refractivity contribution in [2.45, 2.75) is 87.9 Å². The molecule has 0 N–H and O–H groups in total. The Bertz CT molecular complexity index is 1560. The highest BCUT2D eigenvalue weighted by atomic mass is 14.6. The minimum absolute atomic E-state index is 0.413. The molecule has 0 heteroatoms. The summed E-state index contributed by atoms with van der Waals surface area (Å²) in [6, 6.07) is 24.4. The van der Waals surface area contributed by atoms with Crippen molar-refractivity contribution in [1.82, 2.24) is 0 Å². The average Bonchev–Trinajstić information content (AvgIpc) is 2.90. The van der Waals surface area contributed by atoms with Crippen molar-refractivity contribution in [2.75, 3.05) is 0 Å². The van der Waals surface area contributed by atoms with E-state index in [1.54, 1.807) is 21.9 Å². The Balaban J connectivity index is 1.31. The quantitative estimate of drug-likeness (QED) is 0.242. The molecule has 0 saturated heterocycles. The van der Waals surface area contributed by atoms with Crippen molar-refractivity contribution >= 4 is 32.3 Å². The lowest BCUT2D eigenvalue weighted by Crippen LogP contribution is -2.50. The molecule has 8 aliphatic rings. The molecule has 4 aromatic rings. The van der Waals surface area contributed by atoms with Gasteiger partial charge in [0.05, 0.1) is 0 Å². The van der Waals surface area contributed by atoms with Crippen LogP contribution in [0.5, 0.6) is 0 Å². The van der Waals surface area contributed by atoms with Crippen LogP contribution >= 0.6 is 0 Å². The molecule has 0 unspecified atom stereocenters. The SMILES string of the molecule is c1ccc2c(c1)ccc1c3cccc(C45CC6CC(CC(C6)C4)C5)c3c(C34CC5CC(CC(C5)C3)C4)cc21. The fourth-order valence-corrected chi connectivity index (χ4v) is 12.7. The van der Waals surface area contributed by atoms with Gasteiger partial charge in [-0.15, -0.1) is 0 Å². The van der Waals surface area contributed by atoms with E-state index in [9.17, 15) is 0 Å². The maximum absolute atomic E-state index is 2.77. The summed E-state index contributed by atoms with van der Waals surface area (Å²) < 4.78 is 0. The first-order valence-corrected chi connectivity index (χ1v) is 16.0. The van der Waals surface area contributed by atoms with E-state index < -0.39 is 0 Å². The van der Waals surface area contributed by atoms with Crippen molar-refractivity contribution in [3.8, 4) is 0 Å². The zero-order valence-electron chi connectivity index (χ0n) is 22.7. The normalized spacial score (nSPS) is 40.6. The predicted octanol–water partition coefficient (Wildman–Crippen LogP) is 10.1. The number of rotatable bonds is 2. The summed E-state index contributed by atoms with van der Waals surface area (Å²) in [6.07, 6.45) is 17.9. The van der Waals surface area contributed by atoms with Crippen molar-refractivity contribution < 1.29 is 0 Å². The molecule has 0 heterocycles. The molecule has 192 valence electrons. The largest absolute Gasteiger partial charge is 0.0616 e. The van der Waals surface area contributed by atoms with Gasteiger partial charge in [0.25, 0.3) is 0 Å². The smallest absolute Gasteiger partial charge is 0.00326 e. The first-order valence-electron chi connectivity index (χ1n) is 16.0. The van der Waals surface area contributed by atoms with Gasteiger partial charge in [0.2, 0.25) is 0 Å². The van der Waals surface area contributed by atoms with Gasteiger partial charge in [0, 0.05) is 0 Å². The zero-order chi connectivity index (χ0) is 24.6. The van der Waals surface area contributed by atoms with Crippen molar-refractivity contribution in [3.05, 3.63) is 71.8 Å². The lowest BCUT2D eigenvalue weighted by atomic mass is 9.46. The molecule has 0 aliphatic heterocycles. The van der Waals surface area contributed by atoms with Crippen LogP contribution in [0.25, 0.3) is 32.3 Å². The van der Waals surface area contributed by atoms with Gasteiger partial charge in [-0.1, -0.05) is 54.6 Å². The van der Waals surface area contributed by atoms with Crippen LogP contribution in [0.15, 0.2) is 60.7 Å². The van der Waals surface area contributed by atoms with Crippen LogP contribution in [-0.2, 0) is 10.8 Å². The van der Waals surface area contributed by atoms with Gasteiger partial charge < -0.3 is 0 Å². The average molecular weight is 497 g/mol. The second kappa shape index (κ2) is 7.24. The van der Waals surface area contributed by atoms with Crippen LogP contribution in [0, 0.1) is 35.5 Å². The Morgan fingerprint density at radius 3 is 1.55 bits per heavy atom.